The van der Waals surface area contributed by atoms with Gasteiger partial charge in [0.15, 0.2) is 5.78 Å². The van der Waals surface area contributed by atoms with E-state index < -0.39 is 0 Å². The maximum Gasteiger partial charge on any atom is 0.318 e. The molecular formula is C36H45N7O3. The van der Waals surface area contributed by atoms with Crippen LogP contribution in [0.15, 0.2) is 48.6 Å². The second-order valence-corrected chi connectivity index (χ2v) is 12.8. The minimum Gasteiger partial charge on any atom is -0.463 e. The molecule has 0 spiro atoms. The van der Waals surface area contributed by atoms with Crippen LogP contribution in [0.2, 0.25) is 0 Å². The molecule has 0 N–H and O–H groups in total. The van der Waals surface area contributed by atoms with Crippen LogP contribution in [0.25, 0.3) is 10.8 Å². The predicted molar refractivity (Wildman–Crippen MR) is 181 cm³/mol. The molecular weight excluding hydrogens is 578 g/mol. The molecule has 2 atom stereocenters. The molecule has 1 saturated heterocycles. The number of nitriles is 1. The number of ether oxygens (including phenoxy) is 1. The number of hydrogen-bond donors (Lipinski definition) is 0. The molecule has 10 nitrogen and oxygen atoms in total. The van der Waals surface area contributed by atoms with Gasteiger partial charge in [0.2, 0.25) is 5.91 Å². The number of fused-ring (bicyclic) bond motifs is 2. The Labute approximate surface area is 272 Å². The topological polar surface area (TPSA) is 106 Å². The SMILES string of the molecule is Cc1cccc2cccc(N3CCc4c(nc(OCCC(=O)N(C)C)nc4N4CCC(C(=O)/C=C/CN(C)C)[C@@H](CC#N)C4)C3)c12. The Kier molecular flexibility index (Phi) is 10.5. The summed E-state index contributed by atoms with van der Waals surface area (Å²) in [6.45, 7) is 5.62. The molecule has 1 aromatic heterocycles. The number of hydrogen-bond acceptors (Lipinski definition) is 9. The van der Waals surface area contributed by atoms with E-state index in [1.54, 1.807) is 25.1 Å². The summed E-state index contributed by atoms with van der Waals surface area (Å²) in [6.07, 6.45) is 5.50. The minimum absolute atomic E-state index is 0.0265. The first-order valence-electron chi connectivity index (χ1n) is 16.1. The number of likely N-dealkylation sites (N-methyl/N-ethyl adjacent to an activating group) is 1. The van der Waals surface area contributed by atoms with Crippen LogP contribution >= 0.6 is 0 Å². The van der Waals surface area contributed by atoms with Crippen molar-refractivity contribution in [2.24, 2.45) is 11.8 Å². The molecule has 242 valence electrons. The van der Waals surface area contributed by atoms with Crippen molar-refractivity contribution in [3.8, 4) is 12.1 Å². The molecule has 1 unspecified atom stereocenters. The lowest BCUT2D eigenvalue weighted by Gasteiger charge is -2.39. The second kappa shape index (κ2) is 14.7. The molecule has 0 bridgehead atoms. The number of anilines is 2. The summed E-state index contributed by atoms with van der Waals surface area (Å²) in [5.74, 6) is 0.555. The number of benzene rings is 2. The van der Waals surface area contributed by atoms with Gasteiger partial charge in [0.05, 0.1) is 24.7 Å². The van der Waals surface area contributed by atoms with Crippen LogP contribution in [-0.2, 0) is 22.6 Å². The van der Waals surface area contributed by atoms with E-state index in [1.807, 2.05) is 25.1 Å². The van der Waals surface area contributed by atoms with Gasteiger partial charge in [0, 0.05) is 69.3 Å². The number of aryl methyl sites for hydroxylation is 1. The number of rotatable bonds is 11. The van der Waals surface area contributed by atoms with Gasteiger partial charge in [-0.15, -0.1) is 0 Å². The number of aromatic nitrogens is 2. The molecule has 0 saturated carbocycles. The maximum absolute atomic E-state index is 13.2. The zero-order valence-electron chi connectivity index (χ0n) is 27.7. The number of ketones is 1. The van der Waals surface area contributed by atoms with Crippen molar-refractivity contribution in [1.29, 1.82) is 5.26 Å². The van der Waals surface area contributed by atoms with Gasteiger partial charge < -0.3 is 24.3 Å². The number of amides is 1. The van der Waals surface area contributed by atoms with Crippen LogP contribution < -0.4 is 14.5 Å². The molecule has 3 heterocycles. The molecule has 2 aliphatic heterocycles. The third-order valence-corrected chi connectivity index (χ3v) is 9.01. The van der Waals surface area contributed by atoms with Gasteiger partial charge in [-0.25, -0.2) is 0 Å². The second-order valence-electron chi connectivity index (χ2n) is 12.8. The van der Waals surface area contributed by atoms with E-state index in [9.17, 15) is 14.9 Å². The number of nitrogens with zero attached hydrogens (tertiary/aromatic N) is 7. The fourth-order valence-electron chi connectivity index (χ4n) is 6.57. The highest BCUT2D eigenvalue weighted by Crippen LogP contribution is 2.37. The highest BCUT2D eigenvalue weighted by atomic mass is 16.5. The summed E-state index contributed by atoms with van der Waals surface area (Å²) in [7, 11) is 7.39. The molecule has 0 radical (unpaired) electrons. The molecule has 1 fully saturated rings. The van der Waals surface area contributed by atoms with Crippen molar-refractivity contribution in [3.05, 3.63) is 65.4 Å². The Balaban J connectivity index is 1.45. The van der Waals surface area contributed by atoms with Gasteiger partial charge in [-0.05, 0) is 62.9 Å². The van der Waals surface area contributed by atoms with E-state index >= 15 is 0 Å². The molecule has 2 aromatic carbocycles. The summed E-state index contributed by atoms with van der Waals surface area (Å²) < 4.78 is 6.02. The average Bonchev–Trinajstić information content (AvgIpc) is 3.03. The van der Waals surface area contributed by atoms with Crippen molar-refractivity contribution in [2.75, 3.05) is 70.8 Å². The zero-order chi connectivity index (χ0) is 32.8. The van der Waals surface area contributed by atoms with Crippen LogP contribution in [0.4, 0.5) is 11.5 Å². The molecule has 2 aliphatic rings. The normalized spacial score (nSPS) is 18.1. The van der Waals surface area contributed by atoms with Crippen molar-refractivity contribution >= 4 is 34.0 Å². The molecule has 0 aliphatic carbocycles. The standard InChI is InChI=1S/C36H45N7O3/c1-25-9-6-10-26-11-7-12-31(34(25)26)42-20-16-29-30(24-42)38-36(46-22-17-33(45)41(4)5)39-35(29)43-21-15-28(27(23-43)14-18-37)32(44)13-8-19-40(2)3/h6-13,27-28H,14-17,19-24H2,1-5H3/b13-8+/t27-,28?/m0/s1. The van der Waals surface area contributed by atoms with E-state index in [4.69, 9.17) is 14.7 Å². The highest BCUT2D eigenvalue weighted by molar-refractivity contribution is 5.97. The van der Waals surface area contributed by atoms with Crippen LogP contribution in [-0.4, -0.2) is 92.4 Å². The van der Waals surface area contributed by atoms with Crippen LogP contribution in [0.5, 0.6) is 6.01 Å². The fraction of sp³-hybridized carbons (Fsp3) is 0.472. The van der Waals surface area contributed by atoms with Gasteiger partial charge in [-0.2, -0.15) is 15.2 Å². The summed E-state index contributed by atoms with van der Waals surface area (Å²) in [4.78, 5) is 43.4. The molecule has 1 amide bonds. The maximum atomic E-state index is 13.2. The average molecular weight is 624 g/mol. The Morgan fingerprint density at radius 3 is 2.61 bits per heavy atom. The van der Waals surface area contributed by atoms with E-state index in [2.05, 4.69) is 59.2 Å². The zero-order valence-corrected chi connectivity index (χ0v) is 27.7. The van der Waals surface area contributed by atoms with Gasteiger partial charge in [0.1, 0.15) is 12.4 Å². The molecule has 5 rings (SSSR count). The van der Waals surface area contributed by atoms with Gasteiger partial charge in [-0.1, -0.05) is 36.4 Å². The Morgan fingerprint density at radius 1 is 1.09 bits per heavy atom. The first-order valence-corrected chi connectivity index (χ1v) is 16.1. The first kappa shape index (κ1) is 32.9. The summed E-state index contributed by atoms with van der Waals surface area (Å²) >= 11 is 0. The number of carbonyl (C=O) groups is 2. The summed E-state index contributed by atoms with van der Waals surface area (Å²) in [6, 6.07) is 15.4. The fourth-order valence-corrected chi connectivity index (χ4v) is 6.57. The lowest BCUT2D eigenvalue weighted by Crippen LogP contribution is -2.44. The highest BCUT2D eigenvalue weighted by Gasteiger charge is 2.35. The predicted octanol–water partition coefficient (Wildman–Crippen LogP) is 4.40. The number of carbonyl (C=O) groups excluding carboxylic acids is 2. The van der Waals surface area contributed by atoms with Gasteiger partial charge in [0.25, 0.3) is 0 Å². The van der Waals surface area contributed by atoms with Crippen molar-refractivity contribution < 1.29 is 14.3 Å². The first-order chi connectivity index (χ1) is 22.2. The monoisotopic (exact) mass is 623 g/mol. The Morgan fingerprint density at radius 2 is 1.87 bits per heavy atom. The van der Waals surface area contributed by atoms with Crippen molar-refractivity contribution in [3.63, 3.8) is 0 Å². The van der Waals surface area contributed by atoms with Crippen LogP contribution in [0.1, 0.15) is 36.1 Å². The largest absolute Gasteiger partial charge is 0.463 e. The third kappa shape index (κ3) is 7.48. The summed E-state index contributed by atoms with van der Waals surface area (Å²) in [5, 5.41) is 12.1. The van der Waals surface area contributed by atoms with E-state index in [-0.39, 0.29) is 42.6 Å². The number of allylic oxidation sites excluding steroid dienone is 1. The van der Waals surface area contributed by atoms with Crippen molar-refractivity contribution in [1.82, 2.24) is 19.8 Å². The quantitative estimate of drug-likeness (QED) is 0.287. The molecule has 46 heavy (non-hydrogen) atoms. The Bertz CT molecular complexity index is 1640. The van der Waals surface area contributed by atoms with Crippen LogP contribution in [0, 0.1) is 30.1 Å². The van der Waals surface area contributed by atoms with Gasteiger partial charge in [-0.3, -0.25) is 9.59 Å². The lowest BCUT2D eigenvalue weighted by molar-refractivity contribution is -0.129. The van der Waals surface area contributed by atoms with E-state index in [1.165, 1.54) is 22.0 Å². The van der Waals surface area contributed by atoms with Crippen molar-refractivity contribution in [2.45, 2.75) is 39.2 Å². The lowest BCUT2D eigenvalue weighted by atomic mass is 9.80. The Hall–Kier alpha value is -4.49. The van der Waals surface area contributed by atoms with E-state index in [0.29, 0.717) is 39.0 Å². The smallest absolute Gasteiger partial charge is 0.318 e. The van der Waals surface area contributed by atoms with Crippen LogP contribution in [0.3, 0.4) is 0 Å². The molecule has 3 aromatic rings. The molecule has 10 heteroatoms. The van der Waals surface area contributed by atoms with Gasteiger partial charge >= 0.3 is 6.01 Å². The minimum atomic E-state index is -0.204. The number of piperidine rings is 1. The third-order valence-electron chi connectivity index (χ3n) is 9.01. The summed E-state index contributed by atoms with van der Waals surface area (Å²) in [5.41, 5.74) is 4.39. The van der Waals surface area contributed by atoms with E-state index in [0.717, 1.165) is 30.0 Å².